The number of aromatic nitrogens is 6. The molecule has 0 radical (unpaired) electrons. The molecule has 1 aromatic carbocycles. The third kappa shape index (κ3) is 2.99. The van der Waals surface area contributed by atoms with Gasteiger partial charge in [-0.1, -0.05) is 6.07 Å². The predicted octanol–water partition coefficient (Wildman–Crippen LogP) is 0.344. The van der Waals surface area contributed by atoms with Crippen LogP contribution in [0, 0.1) is 6.92 Å². The zero-order valence-corrected chi connectivity index (χ0v) is 14.7. The number of nitrogens with zero attached hydrogens (tertiary/aromatic N) is 7. The molecule has 136 valence electrons. The molecule has 3 heterocycles. The van der Waals surface area contributed by atoms with Crippen LogP contribution >= 0.6 is 0 Å². The van der Waals surface area contributed by atoms with Gasteiger partial charge in [-0.15, -0.1) is 5.10 Å². The number of aryl methyl sites for hydroxylation is 2. The van der Waals surface area contributed by atoms with Gasteiger partial charge >= 0.3 is 0 Å². The highest BCUT2D eigenvalue weighted by molar-refractivity contribution is 6.06. The highest BCUT2D eigenvalue weighted by atomic mass is 16.5. The maximum absolute atomic E-state index is 12.5. The monoisotopic (exact) mass is 356 g/mol. The lowest BCUT2D eigenvalue weighted by molar-refractivity contribution is -0.117. The summed E-state index contributed by atoms with van der Waals surface area (Å²) in [5.74, 6) is 0.900. The van der Waals surface area contributed by atoms with Gasteiger partial charge in [0.05, 0.1) is 29.8 Å². The van der Waals surface area contributed by atoms with Crippen molar-refractivity contribution in [2.45, 2.75) is 13.5 Å². The van der Waals surface area contributed by atoms with E-state index in [1.807, 2.05) is 19.2 Å². The summed E-state index contributed by atoms with van der Waals surface area (Å²) in [5.41, 5.74) is 2.01. The van der Waals surface area contributed by atoms with Crippen molar-refractivity contribution in [3.8, 4) is 0 Å². The molecule has 0 spiro atoms. The van der Waals surface area contributed by atoms with Crippen LogP contribution in [0.4, 0.5) is 11.5 Å². The Bertz CT molecular complexity index is 941. The number of carbonyl (C=O) groups is 1. The van der Waals surface area contributed by atoms with Crippen molar-refractivity contribution in [1.29, 1.82) is 0 Å². The van der Waals surface area contributed by atoms with Gasteiger partial charge in [0.2, 0.25) is 5.91 Å². The first-order valence-corrected chi connectivity index (χ1v) is 8.44. The number of ether oxygens (including phenoxy) is 1. The molecule has 2 aromatic heterocycles. The SMILES string of the molecule is Cc1nnnn1CC(=O)Nc1nn(C)c2cccc(N3CCOCC3)c12. The first kappa shape index (κ1) is 16.5. The van der Waals surface area contributed by atoms with Crippen molar-refractivity contribution in [3.05, 3.63) is 24.0 Å². The second-order valence-electron chi connectivity index (χ2n) is 6.17. The van der Waals surface area contributed by atoms with Gasteiger partial charge in [-0.25, -0.2) is 4.68 Å². The van der Waals surface area contributed by atoms with Crippen molar-refractivity contribution < 1.29 is 9.53 Å². The molecule has 1 amide bonds. The number of morpholine rings is 1. The lowest BCUT2D eigenvalue weighted by Gasteiger charge is -2.29. The van der Waals surface area contributed by atoms with E-state index >= 15 is 0 Å². The average molecular weight is 356 g/mol. The number of amides is 1. The number of hydrogen-bond acceptors (Lipinski definition) is 7. The number of benzene rings is 1. The fourth-order valence-electron chi connectivity index (χ4n) is 3.15. The summed E-state index contributed by atoms with van der Waals surface area (Å²) in [6, 6.07) is 6.05. The Kier molecular flexibility index (Phi) is 4.25. The maximum Gasteiger partial charge on any atom is 0.247 e. The van der Waals surface area contributed by atoms with Crippen LogP contribution in [0.5, 0.6) is 0 Å². The minimum atomic E-state index is -0.225. The Hall–Kier alpha value is -3.01. The van der Waals surface area contributed by atoms with E-state index in [1.54, 1.807) is 11.6 Å². The number of anilines is 2. The number of fused-ring (bicyclic) bond motifs is 1. The number of rotatable bonds is 4. The van der Waals surface area contributed by atoms with Crippen molar-refractivity contribution in [2.24, 2.45) is 7.05 Å². The van der Waals surface area contributed by atoms with Crippen LogP contribution in [0.1, 0.15) is 5.82 Å². The standard InChI is InChI=1S/C16H20N8O2/c1-11-18-20-21-24(11)10-14(25)17-16-15-12(22(2)19-16)4-3-5-13(15)23-6-8-26-9-7-23/h3-5H,6-10H2,1-2H3,(H,17,19,25). The molecular formula is C16H20N8O2. The van der Waals surface area contributed by atoms with Crippen LogP contribution in [-0.2, 0) is 23.1 Å². The van der Waals surface area contributed by atoms with Gasteiger partial charge < -0.3 is 15.0 Å². The summed E-state index contributed by atoms with van der Waals surface area (Å²) < 4.78 is 8.67. The van der Waals surface area contributed by atoms with E-state index in [4.69, 9.17) is 4.74 Å². The van der Waals surface area contributed by atoms with E-state index in [0.717, 1.165) is 29.7 Å². The Balaban J connectivity index is 1.66. The first-order valence-electron chi connectivity index (χ1n) is 8.44. The van der Waals surface area contributed by atoms with Crippen LogP contribution in [0.3, 0.4) is 0 Å². The van der Waals surface area contributed by atoms with Gasteiger partial charge in [0.25, 0.3) is 0 Å². The normalized spacial score (nSPS) is 14.8. The fraction of sp³-hybridized carbons (Fsp3) is 0.438. The van der Waals surface area contributed by atoms with Crippen LogP contribution < -0.4 is 10.2 Å². The van der Waals surface area contributed by atoms with Gasteiger partial charge in [0.1, 0.15) is 12.4 Å². The molecule has 10 nitrogen and oxygen atoms in total. The zero-order chi connectivity index (χ0) is 18.1. The summed E-state index contributed by atoms with van der Waals surface area (Å²) >= 11 is 0. The number of hydrogen-bond donors (Lipinski definition) is 1. The summed E-state index contributed by atoms with van der Waals surface area (Å²) in [7, 11) is 1.87. The molecule has 0 bridgehead atoms. The first-order chi connectivity index (χ1) is 12.6. The zero-order valence-electron chi connectivity index (χ0n) is 14.7. The van der Waals surface area contributed by atoms with Gasteiger partial charge in [-0.3, -0.25) is 9.48 Å². The molecule has 26 heavy (non-hydrogen) atoms. The van der Waals surface area contributed by atoms with E-state index in [-0.39, 0.29) is 12.5 Å². The second kappa shape index (κ2) is 6.71. The summed E-state index contributed by atoms with van der Waals surface area (Å²) in [4.78, 5) is 14.7. The quantitative estimate of drug-likeness (QED) is 0.719. The van der Waals surface area contributed by atoms with E-state index in [9.17, 15) is 4.79 Å². The summed E-state index contributed by atoms with van der Waals surface area (Å²) in [5, 5.41) is 19.5. The molecule has 1 saturated heterocycles. The Morgan fingerprint density at radius 2 is 2.12 bits per heavy atom. The largest absolute Gasteiger partial charge is 0.378 e. The molecule has 0 unspecified atom stereocenters. The molecule has 0 aliphatic carbocycles. The molecule has 1 fully saturated rings. The number of tetrazole rings is 1. The fourth-order valence-corrected chi connectivity index (χ4v) is 3.15. The summed E-state index contributed by atoms with van der Waals surface area (Å²) in [6.45, 7) is 4.79. The maximum atomic E-state index is 12.5. The lowest BCUT2D eigenvalue weighted by atomic mass is 10.1. The molecule has 1 N–H and O–H groups in total. The minimum absolute atomic E-state index is 0.0383. The number of carbonyl (C=O) groups excluding carboxylic acids is 1. The highest BCUT2D eigenvalue weighted by Gasteiger charge is 2.20. The van der Waals surface area contributed by atoms with E-state index in [2.05, 4.69) is 36.9 Å². The molecular weight excluding hydrogens is 336 g/mol. The molecule has 4 rings (SSSR count). The third-order valence-electron chi connectivity index (χ3n) is 4.47. The topological polar surface area (TPSA) is 103 Å². The van der Waals surface area contributed by atoms with Crippen molar-refractivity contribution in [1.82, 2.24) is 30.0 Å². The molecule has 0 saturated carbocycles. The van der Waals surface area contributed by atoms with Crippen molar-refractivity contribution in [3.63, 3.8) is 0 Å². The van der Waals surface area contributed by atoms with Gasteiger partial charge in [0, 0.05) is 20.1 Å². The van der Waals surface area contributed by atoms with Crippen LogP contribution in [-0.4, -0.2) is 62.2 Å². The van der Waals surface area contributed by atoms with Crippen LogP contribution in [0.25, 0.3) is 10.9 Å². The van der Waals surface area contributed by atoms with Gasteiger partial charge in [0.15, 0.2) is 5.82 Å². The smallest absolute Gasteiger partial charge is 0.247 e. The summed E-state index contributed by atoms with van der Waals surface area (Å²) in [6.07, 6.45) is 0. The molecule has 0 atom stereocenters. The molecule has 10 heteroatoms. The predicted molar refractivity (Wildman–Crippen MR) is 94.9 cm³/mol. The van der Waals surface area contributed by atoms with Crippen molar-refractivity contribution in [2.75, 3.05) is 36.5 Å². The Morgan fingerprint density at radius 1 is 1.31 bits per heavy atom. The van der Waals surface area contributed by atoms with Gasteiger partial charge in [-0.05, 0) is 29.5 Å². The van der Waals surface area contributed by atoms with Gasteiger partial charge in [-0.2, -0.15) is 5.10 Å². The van der Waals surface area contributed by atoms with Crippen LogP contribution in [0.15, 0.2) is 18.2 Å². The molecule has 1 aliphatic rings. The van der Waals surface area contributed by atoms with E-state index in [0.29, 0.717) is 24.9 Å². The molecule has 3 aromatic rings. The van der Waals surface area contributed by atoms with Crippen LogP contribution in [0.2, 0.25) is 0 Å². The highest BCUT2D eigenvalue weighted by Crippen LogP contribution is 2.33. The second-order valence-corrected chi connectivity index (χ2v) is 6.17. The van der Waals surface area contributed by atoms with E-state index in [1.165, 1.54) is 4.68 Å². The lowest BCUT2D eigenvalue weighted by Crippen LogP contribution is -2.36. The number of nitrogens with one attached hydrogen (secondary N) is 1. The Labute approximate surface area is 149 Å². The third-order valence-corrected chi connectivity index (χ3v) is 4.47. The average Bonchev–Trinajstić information content (AvgIpc) is 3.19. The molecule has 1 aliphatic heterocycles. The Morgan fingerprint density at radius 3 is 2.85 bits per heavy atom. The van der Waals surface area contributed by atoms with Crippen molar-refractivity contribution >= 4 is 28.3 Å². The minimum Gasteiger partial charge on any atom is -0.378 e. The van der Waals surface area contributed by atoms with E-state index < -0.39 is 0 Å².